The van der Waals surface area contributed by atoms with Gasteiger partial charge in [-0.2, -0.15) is 5.10 Å². The fourth-order valence-electron chi connectivity index (χ4n) is 2.76. The van der Waals surface area contributed by atoms with E-state index in [1.54, 1.807) is 6.20 Å². The molecule has 5 heteroatoms. The summed E-state index contributed by atoms with van der Waals surface area (Å²) in [6.07, 6.45) is 1.74. The molecule has 23 heavy (non-hydrogen) atoms. The number of aromatic nitrogens is 2. The molecule has 3 rings (SSSR count). The molecule has 1 N–H and O–H groups in total. The summed E-state index contributed by atoms with van der Waals surface area (Å²) in [7, 11) is 0. The van der Waals surface area contributed by atoms with Crippen LogP contribution in [0, 0.1) is 6.92 Å². The van der Waals surface area contributed by atoms with Crippen molar-refractivity contribution in [3.63, 3.8) is 0 Å². The second kappa shape index (κ2) is 6.38. The van der Waals surface area contributed by atoms with Crippen molar-refractivity contribution in [2.24, 2.45) is 0 Å². The molecule has 0 bridgehead atoms. The quantitative estimate of drug-likeness (QED) is 0.787. The third-order valence-electron chi connectivity index (χ3n) is 3.93. The van der Waals surface area contributed by atoms with Crippen LogP contribution < -0.4 is 10.9 Å². The Morgan fingerprint density at radius 1 is 1.22 bits per heavy atom. The van der Waals surface area contributed by atoms with Crippen LogP contribution in [0.4, 0.5) is 0 Å². The Bertz CT molecular complexity index is 866. The molecule has 5 nitrogen and oxygen atoms in total. The fraction of sp³-hybridized carbons (Fsp3) is 0.333. The zero-order valence-electron chi connectivity index (χ0n) is 13.6. The van der Waals surface area contributed by atoms with Gasteiger partial charge in [0.1, 0.15) is 11.5 Å². The Balaban J connectivity index is 1.74. The first-order chi connectivity index (χ1) is 11.0. The molecule has 2 aromatic heterocycles. The molecular formula is C18H21N3O2. The number of furan rings is 1. The van der Waals surface area contributed by atoms with Gasteiger partial charge in [0.15, 0.2) is 0 Å². The summed E-state index contributed by atoms with van der Waals surface area (Å²) in [4.78, 5) is 12.5. The number of benzene rings is 1. The molecule has 0 amide bonds. The Kier molecular flexibility index (Phi) is 4.30. The lowest BCUT2D eigenvalue weighted by Gasteiger charge is -2.19. The number of fused-ring (bicyclic) bond motifs is 1. The van der Waals surface area contributed by atoms with Crippen molar-refractivity contribution < 1.29 is 4.42 Å². The first-order valence-corrected chi connectivity index (χ1v) is 7.82. The number of hydrogen-bond acceptors (Lipinski definition) is 4. The van der Waals surface area contributed by atoms with Crippen LogP contribution in [-0.2, 0) is 6.54 Å². The lowest BCUT2D eigenvalue weighted by Crippen LogP contribution is -2.36. The van der Waals surface area contributed by atoms with Crippen molar-refractivity contribution in [3.8, 4) is 0 Å². The fourth-order valence-corrected chi connectivity index (χ4v) is 2.76. The van der Waals surface area contributed by atoms with E-state index in [1.807, 2.05) is 57.2 Å². The molecule has 120 valence electrons. The molecule has 0 unspecified atom stereocenters. The minimum Gasteiger partial charge on any atom is -0.465 e. The highest BCUT2D eigenvalue weighted by Crippen LogP contribution is 2.16. The Morgan fingerprint density at radius 3 is 2.74 bits per heavy atom. The van der Waals surface area contributed by atoms with Crippen LogP contribution in [0.5, 0.6) is 0 Å². The van der Waals surface area contributed by atoms with Crippen molar-refractivity contribution in [2.45, 2.75) is 39.4 Å². The minimum atomic E-state index is -0.0572. The van der Waals surface area contributed by atoms with Gasteiger partial charge < -0.3 is 9.73 Å². The summed E-state index contributed by atoms with van der Waals surface area (Å²) in [6.45, 7) is 6.52. The second-order valence-electron chi connectivity index (χ2n) is 5.96. The maximum absolute atomic E-state index is 12.5. The predicted octanol–water partition coefficient (Wildman–Crippen LogP) is 3.04. The molecule has 0 aliphatic rings. The van der Waals surface area contributed by atoms with Crippen LogP contribution in [0.2, 0.25) is 0 Å². The molecule has 0 saturated carbocycles. The summed E-state index contributed by atoms with van der Waals surface area (Å²) in [5.41, 5.74) is -0.0572. The molecule has 0 aliphatic heterocycles. The van der Waals surface area contributed by atoms with Crippen LogP contribution in [0.15, 0.2) is 51.8 Å². The van der Waals surface area contributed by atoms with Gasteiger partial charge in [-0.1, -0.05) is 18.2 Å². The molecule has 0 saturated heterocycles. The maximum Gasteiger partial charge on any atom is 0.274 e. The van der Waals surface area contributed by atoms with E-state index < -0.39 is 0 Å². The van der Waals surface area contributed by atoms with Crippen LogP contribution in [0.1, 0.15) is 31.4 Å². The van der Waals surface area contributed by atoms with E-state index in [-0.39, 0.29) is 17.6 Å². The van der Waals surface area contributed by atoms with Gasteiger partial charge in [-0.3, -0.25) is 4.79 Å². The third kappa shape index (κ3) is 3.35. The summed E-state index contributed by atoms with van der Waals surface area (Å²) >= 11 is 0. The highest BCUT2D eigenvalue weighted by Gasteiger charge is 2.14. The standard InChI is InChI=1S/C18H21N3O2/c1-12(20-14(3)17-9-8-13(2)23-17)11-21-18(22)16-7-5-4-6-15(16)10-19-21/h4-10,12,14,20H,11H2,1-3H3/t12-,14-/m0/s1. The average Bonchev–Trinajstić information content (AvgIpc) is 2.97. The van der Waals surface area contributed by atoms with Crippen molar-refractivity contribution in [1.82, 2.24) is 15.1 Å². The van der Waals surface area contributed by atoms with Crippen molar-refractivity contribution >= 4 is 10.8 Å². The van der Waals surface area contributed by atoms with Crippen molar-refractivity contribution in [3.05, 3.63) is 64.5 Å². The highest BCUT2D eigenvalue weighted by atomic mass is 16.3. The third-order valence-corrected chi connectivity index (χ3v) is 3.93. The molecule has 0 fully saturated rings. The average molecular weight is 311 g/mol. The Hall–Kier alpha value is -2.40. The smallest absolute Gasteiger partial charge is 0.274 e. The van der Waals surface area contributed by atoms with Crippen LogP contribution in [-0.4, -0.2) is 15.8 Å². The van der Waals surface area contributed by atoms with Crippen LogP contribution in [0.25, 0.3) is 10.8 Å². The Labute approximate surface area is 134 Å². The molecular weight excluding hydrogens is 290 g/mol. The van der Waals surface area contributed by atoms with Gasteiger partial charge in [-0.15, -0.1) is 0 Å². The van der Waals surface area contributed by atoms with Gasteiger partial charge in [-0.25, -0.2) is 4.68 Å². The SMILES string of the molecule is Cc1ccc([C@H](C)N[C@@H](C)Cn2ncc3ccccc3c2=O)o1. The molecule has 0 aliphatic carbocycles. The maximum atomic E-state index is 12.5. The highest BCUT2D eigenvalue weighted by molar-refractivity contribution is 5.80. The minimum absolute atomic E-state index is 0.0572. The predicted molar refractivity (Wildman–Crippen MR) is 90.5 cm³/mol. The van der Waals surface area contributed by atoms with Gasteiger partial charge >= 0.3 is 0 Å². The van der Waals surface area contributed by atoms with Crippen molar-refractivity contribution in [2.75, 3.05) is 0 Å². The van der Waals surface area contributed by atoms with E-state index in [1.165, 1.54) is 4.68 Å². The summed E-state index contributed by atoms with van der Waals surface area (Å²) in [6, 6.07) is 11.6. The normalized spacial score (nSPS) is 14.0. The summed E-state index contributed by atoms with van der Waals surface area (Å²) in [5.74, 6) is 1.79. The second-order valence-corrected chi connectivity index (χ2v) is 5.96. The van der Waals surface area contributed by atoms with Gasteiger partial charge in [0.05, 0.1) is 24.2 Å². The summed E-state index contributed by atoms with van der Waals surface area (Å²) in [5, 5.41) is 9.28. The van der Waals surface area contributed by atoms with Gasteiger partial charge in [0.25, 0.3) is 5.56 Å². The largest absolute Gasteiger partial charge is 0.465 e. The lowest BCUT2D eigenvalue weighted by atomic mass is 10.2. The number of aryl methyl sites for hydroxylation is 1. The first kappa shape index (κ1) is 15.5. The zero-order chi connectivity index (χ0) is 16.4. The summed E-state index contributed by atoms with van der Waals surface area (Å²) < 4.78 is 7.15. The molecule has 0 radical (unpaired) electrons. The topological polar surface area (TPSA) is 60.1 Å². The van der Waals surface area contributed by atoms with E-state index in [9.17, 15) is 4.79 Å². The molecule has 3 aromatic rings. The number of hydrogen-bond donors (Lipinski definition) is 1. The van der Waals surface area contributed by atoms with Crippen molar-refractivity contribution in [1.29, 1.82) is 0 Å². The van der Waals surface area contributed by atoms with E-state index >= 15 is 0 Å². The number of rotatable bonds is 5. The zero-order valence-corrected chi connectivity index (χ0v) is 13.6. The van der Waals surface area contributed by atoms with E-state index in [0.717, 1.165) is 16.9 Å². The van der Waals surface area contributed by atoms with E-state index in [0.29, 0.717) is 11.9 Å². The number of nitrogens with one attached hydrogen (secondary N) is 1. The first-order valence-electron chi connectivity index (χ1n) is 7.82. The van der Waals surface area contributed by atoms with Gasteiger partial charge in [0, 0.05) is 11.4 Å². The monoisotopic (exact) mass is 311 g/mol. The molecule has 0 spiro atoms. The van der Waals surface area contributed by atoms with Crippen LogP contribution in [0.3, 0.4) is 0 Å². The molecule has 1 aromatic carbocycles. The molecule has 2 heterocycles. The lowest BCUT2D eigenvalue weighted by molar-refractivity contribution is 0.359. The number of nitrogens with zero attached hydrogens (tertiary/aromatic N) is 2. The van der Waals surface area contributed by atoms with Gasteiger partial charge in [0.2, 0.25) is 0 Å². The van der Waals surface area contributed by atoms with Crippen LogP contribution >= 0.6 is 0 Å². The molecule has 2 atom stereocenters. The van der Waals surface area contributed by atoms with E-state index in [2.05, 4.69) is 10.4 Å². The van der Waals surface area contributed by atoms with Gasteiger partial charge in [-0.05, 0) is 39.0 Å². The van der Waals surface area contributed by atoms with E-state index in [4.69, 9.17) is 4.42 Å². The Morgan fingerprint density at radius 2 is 2.00 bits per heavy atom.